The number of rotatable bonds is 9. The molecular formula is C23H19BrCl2FNO4. The SMILES string of the molecule is CCOc1cc(CNc2ccc(Cl)c(C(=O)O)c2)c(Br)cc1OCc1ccc(F)cc1Cl. The molecule has 0 radical (unpaired) electrons. The Morgan fingerprint density at radius 3 is 2.47 bits per heavy atom. The molecule has 0 fully saturated rings. The van der Waals surface area contributed by atoms with Gasteiger partial charge in [-0.1, -0.05) is 45.2 Å². The fourth-order valence-electron chi connectivity index (χ4n) is 2.88. The summed E-state index contributed by atoms with van der Waals surface area (Å²) in [6, 6.07) is 12.5. The number of hydrogen-bond donors (Lipinski definition) is 2. The van der Waals surface area contributed by atoms with Crippen LogP contribution in [-0.2, 0) is 13.2 Å². The van der Waals surface area contributed by atoms with Gasteiger partial charge >= 0.3 is 5.97 Å². The Morgan fingerprint density at radius 2 is 1.78 bits per heavy atom. The van der Waals surface area contributed by atoms with E-state index in [9.17, 15) is 14.3 Å². The molecule has 0 aliphatic rings. The molecule has 0 aromatic heterocycles. The quantitative estimate of drug-likeness (QED) is 0.299. The first kappa shape index (κ1) is 24.2. The zero-order valence-corrected chi connectivity index (χ0v) is 20.0. The number of carbonyl (C=O) groups is 1. The molecule has 0 unspecified atom stereocenters. The number of carboxylic acids is 1. The first-order valence-electron chi connectivity index (χ1n) is 9.57. The normalized spacial score (nSPS) is 10.7. The van der Waals surface area contributed by atoms with Crippen molar-refractivity contribution in [2.75, 3.05) is 11.9 Å². The van der Waals surface area contributed by atoms with Crippen LogP contribution in [0.1, 0.15) is 28.4 Å². The summed E-state index contributed by atoms with van der Waals surface area (Å²) >= 11 is 15.5. The maximum atomic E-state index is 13.3. The van der Waals surface area contributed by atoms with Gasteiger partial charge in [0, 0.05) is 22.3 Å². The van der Waals surface area contributed by atoms with Gasteiger partial charge in [-0.3, -0.25) is 0 Å². The second-order valence-electron chi connectivity index (χ2n) is 6.70. The Labute approximate surface area is 203 Å². The van der Waals surface area contributed by atoms with Crippen molar-refractivity contribution >= 4 is 50.8 Å². The number of benzene rings is 3. The van der Waals surface area contributed by atoms with E-state index >= 15 is 0 Å². The molecule has 0 bridgehead atoms. The summed E-state index contributed by atoms with van der Waals surface area (Å²) in [6.45, 7) is 2.83. The van der Waals surface area contributed by atoms with Crippen molar-refractivity contribution in [2.24, 2.45) is 0 Å². The maximum absolute atomic E-state index is 13.3. The minimum Gasteiger partial charge on any atom is -0.490 e. The van der Waals surface area contributed by atoms with Gasteiger partial charge < -0.3 is 19.9 Å². The van der Waals surface area contributed by atoms with E-state index < -0.39 is 11.8 Å². The zero-order chi connectivity index (χ0) is 23.3. The molecule has 0 saturated carbocycles. The van der Waals surface area contributed by atoms with Gasteiger partial charge in [0.15, 0.2) is 11.5 Å². The Kier molecular flexibility index (Phi) is 8.23. The van der Waals surface area contributed by atoms with E-state index in [2.05, 4.69) is 21.2 Å². The number of ether oxygens (including phenoxy) is 2. The van der Waals surface area contributed by atoms with Crippen LogP contribution in [0, 0.1) is 5.82 Å². The monoisotopic (exact) mass is 541 g/mol. The lowest BCUT2D eigenvalue weighted by Crippen LogP contribution is -2.05. The van der Waals surface area contributed by atoms with Crippen molar-refractivity contribution in [3.8, 4) is 11.5 Å². The summed E-state index contributed by atoms with van der Waals surface area (Å²) in [7, 11) is 0. The number of aromatic carboxylic acids is 1. The van der Waals surface area contributed by atoms with E-state index in [0.29, 0.717) is 35.9 Å². The average Bonchev–Trinajstić information content (AvgIpc) is 2.74. The molecule has 9 heteroatoms. The topological polar surface area (TPSA) is 67.8 Å². The summed E-state index contributed by atoms with van der Waals surface area (Å²) in [6.07, 6.45) is 0. The Morgan fingerprint density at radius 1 is 1.03 bits per heavy atom. The van der Waals surface area contributed by atoms with Gasteiger partial charge in [0.25, 0.3) is 0 Å². The second kappa shape index (κ2) is 10.9. The third-order valence-corrected chi connectivity index (χ3v) is 5.91. The first-order chi connectivity index (χ1) is 15.3. The van der Waals surface area contributed by atoms with E-state index in [1.807, 2.05) is 13.0 Å². The van der Waals surface area contributed by atoms with E-state index in [-0.39, 0.29) is 22.2 Å². The second-order valence-corrected chi connectivity index (χ2v) is 8.37. The van der Waals surface area contributed by atoms with E-state index in [1.54, 1.807) is 18.2 Å². The Hall–Kier alpha value is -2.48. The molecule has 3 rings (SSSR count). The number of carboxylic acid groups (broad SMARTS) is 1. The van der Waals surface area contributed by atoms with Gasteiger partial charge in [-0.2, -0.15) is 0 Å². The van der Waals surface area contributed by atoms with Crippen LogP contribution in [-0.4, -0.2) is 17.7 Å². The smallest absolute Gasteiger partial charge is 0.337 e. The highest BCUT2D eigenvalue weighted by Crippen LogP contribution is 2.35. The van der Waals surface area contributed by atoms with E-state index in [0.717, 1.165) is 10.0 Å². The molecule has 3 aromatic carbocycles. The standard InChI is InChI=1S/C23H19BrCl2FNO4/c1-2-31-21-7-14(11-28-16-5-6-19(25)17(9-16)23(29)30)18(24)10-22(21)32-12-13-3-4-15(27)8-20(13)26/h3-10,28H,2,11-12H2,1H3,(H,29,30). The zero-order valence-electron chi connectivity index (χ0n) is 16.9. The van der Waals surface area contributed by atoms with Crippen LogP contribution in [0.15, 0.2) is 53.0 Å². The molecule has 0 saturated heterocycles. The lowest BCUT2D eigenvalue weighted by molar-refractivity contribution is 0.0697. The number of halogens is 4. The summed E-state index contributed by atoms with van der Waals surface area (Å²) in [4.78, 5) is 11.3. The lowest BCUT2D eigenvalue weighted by Gasteiger charge is -2.16. The van der Waals surface area contributed by atoms with Crippen molar-refractivity contribution in [2.45, 2.75) is 20.1 Å². The molecule has 2 N–H and O–H groups in total. The highest BCUT2D eigenvalue weighted by atomic mass is 79.9. The van der Waals surface area contributed by atoms with Crippen LogP contribution in [0.5, 0.6) is 11.5 Å². The van der Waals surface area contributed by atoms with Crippen molar-refractivity contribution < 1.29 is 23.8 Å². The summed E-state index contributed by atoms with van der Waals surface area (Å²) < 4.78 is 25.6. The predicted molar refractivity (Wildman–Crippen MR) is 127 cm³/mol. The highest BCUT2D eigenvalue weighted by molar-refractivity contribution is 9.10. The number of nitrogens with one attached hydrogen (secondary N) is 1. The van der Waals surface area contributed by atoms with Crippen LogP contribution in [0.2, 0.25) is 10.0 Å². The maximum Gasteiger partial charge on any atom is 0.337 e. The van der Waals surface area contributed by atoms with Crippen molar-refractivity contribution in [3.05, 3.63) is 85.6 Å². The third-order valence-electron chi connectivity index (χ3n) is 4.49. The van der Waals surface area contributed by atoms with Crippen LogP contribution >= 0.6 is 39.1 Å². The third kappa shape index (κ3) is 6.06. The molecular weight excluding hydrogens is 524 g/mol. The largest absolute Gasteiger partial charge is 0.490 e. The van der Waals surface area contributed by atoms with Gasteiger partial charge in [0.1, 0.15) is 12.4 Å². The van der Waals surface area contributed by atoms with Crippen LogP contribution in [0.25, 0.3) is 0 Å². The summed E-state index contributed by atoms with van der Waals surface area (Å²) in [5, 5.41) is 12.9. The Bertz CT molecular complexity index is 1140. The van der Waals surface area contributed by atoms with Crippen LogP contribution in [0.3, 0.4) is 0 Å². The minimum absolute atomic E-state index is 0.0222. The highest BCUT2D eigenvalue weighted by Gasteiger charge is 2.14. The van der Waals surface area contributed by atoms with Crippen molar-refractivity contribution in [3.63, 3.8) is 0 Å². The lowest BCUT2D eigenvalue weighted by atomic mass is 10.1. The molecule has 168 valence electrons. The molecule has 0 amide bonds. The fraction of sp³-hybridized carbons (Fsp3) is 0.174. The van der Waals surface area contributed by atoms with Gasteiger partial charge in [-0.15, -0.1) is 0 Å². The molecule has 0 atom stereocenters. The first-order valence-corrected chi connectivity index (χ1v) is 11.1. The molecule has 5 nitrogen and oxygen atoms in total. The van der Waals surface area contributed by atoms with Gasteiger partial charge in [-0.05, 0) is 55.0 Å². The van der Waals surface area contributed by atoms with E-state index in [4.69, 9.17) is 32.7 Å². The van der Waals surface area contributed by atoms with Gasteiger partial charge in [-0.25, -0.2) is 9.18 Å². The van der Waals surface area contributed by atoms with E-state index in [1.165, 1.54) is 24.3 Å². The molecule has 0 aliphatic carbocycles. The van der Waals surface area contributed by atoms with Crippen molar-refractivity contribution in [1.29, 1.82) is 0 Å². The molecule has 32 heavy (non-hydrogen) atoms. The fourth-order valence-corrected chi connectivity index (χ4v) is 3.77. The molecule has 0 aliphatic heterocycles. The van der Waals surface area contributed by atoms with Crippen LogP contribution < -0.4 is 14.8 Å². The molecule has 0 spiro atoms. The predicted octanol–water partition coefficient (Wildman–Crippen LogP) is 7.18. The van der Waals surface area contributed by atoms with Gasteiger partial charge in [0.2, 0.25) is 0 Å². The minimum atomic E-state index is -1.10. The van der Waals surface area contributed by atoms with Gasteiger partial charge in [0.05, 0.1) is 22.2 Å². The Balaban J connectivity index is 1.77. The summed E-state index contributed by atoms with van der Waals surface area (Å²) in [5.74, 6) is -0.471. The number of anilines is 1. The molecule has 0 heterocycles. The number of hydrogen-bond acceptors (Lipinski definition) is 4. The summed E-state index contributed by atoms with van der Waals surface area (Å²) in [5.41, 5.74) is 2.15. The average molecular weight is 543 g/mol. The molecule has 3 aromatic rings. The van der Waals surface area contributed by atoms with Crippen LogP contribution in [0.4, 0.5) is 10.1 Å². The van der Waals surface area contributed by atoms with Crippen molar-refractivity contribution in [1.82, 2.24) is 0 Å².